The van der Waals surface area contributed by atoms with Crippen LogP contribution >= 0.6 is 23.4 Å². The molecular formula is C19H23ClN4S. The highest BCUT2D eigenvalue weighted by Crippen LogP contribution is 2.51. The lowest BCUT2D eigenvalue weighted by molar-refractivity contribution is 0.769. The van der Waals surface area contributed by atoms with Crippen molar-refractivity contribution >= 4 is 29.3 Å². The number of aliphatic imine (C=N–C) groups is 1. The standard InChI is InChI=1S/C19H23ClN4S/c1-2-21-18(23-13-15-8-9-17(20)22-12-15)24-14-19(10-11-19)25-16-6-4-3-5-7-16/h3-9,12H,2,10-11,13-14H2,1H3,(H2,21,23,24). The van der Waals surface area contributed by atoms with Crippen molar-refractivity contribution in [3.8, 4) is 0 Å². The predicted molar refractivity (Wildman–Crippen MR) is 106 cm³/mol. The Morgan fingerprint density at radius 1 is 1.20 bits per heavy atom. The van der Waals surface area contributed by atoms with Gasteiger partial charge in [0.25, 0.3) is 0 Å². The van der Waals surface area contributed by atoms with E-state index in [2.05, 4.69) is 57.9 Å². The van der Waals surface area contributed by atoms with Crippen LogP contribution in [0.25, 0.3) is 0 Å². The van der Waals surface area contributed by atoms with Crippen LogP contribution in [0.3, 0.4) is 0 Å². The van der Waals surface area contributed by atoms with Gasteiger partial charge < -0.3 is 10.6 Å². The Balaban J connectivity index is 1.56. The largest absolute Gasteiger partial charge is 0.357 e. The summed E-state index contributed by atoms with van der Waals surface area (Å²) in [6.45, 7) is 4.41. The van der Waals surface area contributed by atoms with Crippen LogP contribution in [0.5, 0.6) is 0 Å². The third kappa shape index (κ3) is 5.65. The van der Waals surface area contributed by atoms with Gasteiger partial charge in [0.15, 0.2) is 5.96 Å². The number of halogens is 1. The Morgan fingerprint density at radius 3 is 2.64 bits per heavy atom. The summed E-state index contributed by atoms with van der Waals surface area (Å²) in [5.41, 5.74) is 1.04. The Kier molecular flexibility index (Phi) is 6.21. The van der Waals surface area contributed by atoms with Crippen LogP contribution in [-0.2, 0) is 6.54 Å². The highest BCUT2D eigenvalue weighted by Gasteiger charge is 2.43. The van der Waals surface area contributed by atoms with Crippen LogP contribution in [0.2, 0.25) is 5.15 Å². The van der Waals surface area contributed by atoms with Crippen LogP contribution in [0, 0.1) is 0 Å². The van der Waals surface area contributed by atoms with Gasteiger partial charge in [0.2, 0.25) is 0 Å². The van der Waals surface area contributed by atoms with Crippen LogP contribution < -0.4 is 10.6 Å². The average Bonchev–Trinajstić information content (AvgIpc) is 3.39. The van der Waals surface area contributed by atoms with Crippen molar-refractivity contribution in [2.24, 2.45) is 4.99 Å². The third-order valence-corrected chi connectivity index (χ3v) is 5.73. The van der Waals surface area contributed by atoms with E-state index in [4.69, 9.17) is 11.6 Å². The molecule has 0 amide bonds. The quantitative estimate of drug-likeness (QED) is 0.435. The van der Waals surface area contributed by atoms with E-state index in [1.165, 1.54) is 17.7 Å². The summed E-state index contributed by atoms with van der Waals surface area (Å²) in [6, 6.07) is 14.4. The van der Waals surface area contributed by atoms with Crippen molar-refractivity contribution in [3.05, 3.63) is 59.4 Å². The Hall–Kier alpha value is -1.72. The summed E-state index contributed by atoms with van der Waals surface area (Å²) < 4.78 is 0.291. The van der Waals surface area contributed by atoms with Crippen molar-refractivity contribution in [2.75, 3.05) is 13.1 Å². The molecule has 2 aromatic rings. The first-order chi connectivity index (χ1) is 12.2. The molecule has 4 nitrogen and oxygen atoms in total. The van der Waals surface area contributed by atoms with E-state index in [0.717, 1.165) is 24.6 Å². The molecule has 3 rings (SSSR count). The third-order valence-electron chi connectivity index (χ3n) is 4.02. The molecule has 0 spiro atoms. The molecule has 1 aromatic carbocycles. The maximum absolute atomic E-state index is 5.82. The number of nitrogens with one attached hydrogen (secondary N) is 2. The molecule has 0 atom stereocenters. The number of hydrogen-bond donors (Lipinski definition) is 2. The fraction of sp³-hybridized carbons (Fsp3) is 0.368. The molecule has 1 fully saturated rings. The fourth-order valence-electron chi connectivity index (χ4n) is 2.45. The molecule has 0 unspecified atom stereocenters. The minimum Gasteiger partial charge on any atom is -0.357 e. The summed E-state index contributed by atoms with van der Waals surface area (Å²) in [6.07, 6.45) is 4.24. The number of aromatic nitrogens is 1. The number of benzene rings is 1. The monoisotopic (exact) mass is 374 g/mol. The first kappa shape index (κ1) is 18.1. The molecule has 25 heavy (non-hydrogen) atoms. The van der Waals surface area contributed by atoms with Gasteiger partial charge in [-0.3, -0.25) is 0 Å². The van der Waals surface area contributed by atoms with Gasteiger partial charge in [-0.1, -0.05) is 35.9 Å². The van der Waals surface area contributed by atoms with E-state index in [1.807, 2.05) is 17.8 Å². The predicted octanol–water partition coefficient (Wildman–Crippen LogP) is 4.12. The first-order valence-electron chi connectivity index (χ1n) is 8.56. The lowest BCUT2D eigenvalue weighted by Gasteiger charge is -2.18. The zero-order valence-electron chi connectivity index (χ0n) is 14.3. The van der Waals surface area contributed by atoms with Crippen molar-refractivity contribution in [1.29, 1.82) is 0 Å². The molecule has 0 radical (unpaired) electrons. The molecule has 0 saturated heterocycles. The number of nitrogens with zero attached hydrogens (tertiary/aromatic N) is 2. The van der Waals surface area contributed by atoms with Crippen LogP contribution in [0.15, 0.2) is 58.5 Å². The number of pyridine rings is 1. The molecule has 0 aliphatic heterocycles. The summed E-state index contributed by atoms with van der Waals surface area (Å²) in [5, 5.41) is 7.31. The molecule has 1 aromatic heterocycles. The summed E-state index contributed by atoms with van der Waals surface area (Å²) in [7, 11) is 0. The van der Waals surface area contributed by atoms with E-state index in [9.17, 15) is 0 Å². The average molecular weight is 375 g/mol. The fourth-order valence-corrected chi connectivity index (χ4v) is 3.81. The lowest BCUT2D eigenvalue weighted by Crippen LogP contribution is -2.41. The van der Waals surface area contributed by atoms with Gasteiger partial charge in [-0.05, 0) is 43.5 Å². The molecule has 6 heteroatoms. The molecule has 1 heterocycles. The smallest absolute Gasteiger partial charge is 0.191 e. The Morgan fingerprint density at radius 2 is 2.00 bits per heavy atom. The molecule has 1 aliphatic rings. The summed E-state index contributed by atoms with van der Waals surface area (Å²) in [5.74, 6) is 0.845. The molecule has 1 aliphatic carbocycles. The SMILES string of the molecule is CCNC(=NCc1ccc(Cl)nc1)NCC1(Sc2ccccc2)CC1. The molecule has 1 saturated carbocycles. The second kappa shape index (κ2) is 8.59. The number of thioether (sulfide) groups is 1. The van der Waals surface area contributed by atoms with Gasteiger partial charge in [-0.2, -0.15) is 0 Å². The summed E-state index contributed by atoms with van der Waals surface area (Å²) in [4.78, 5) is 10.1. The lowest BCUT2D eigenvalue weighted by atomic mass is 10.3. The van der Waals surface area contributed by atoms with Gasteiger partial charge in [0, 0.05) is 28.9 Å². The van der Waals surface area contributed by atoms with Crippen molar-refractivity contribution in [2.45, 2.75) is 36.0 Å². The Bertz CT molecular complexity index is 699. The van der Waals surface area contributed by atoms with Crippen LogP contribution in [0.4, 0.5) is 0 Å². The summed E-state index contributed by atoms with van der Waals surface area (Å²) >= 11 is 7.79. The van der Waals surface area contributed by atoms with Gasteiger partial charge in [0.1, 0.15) is 5.15 Å². The van der Waals surface area contributed by atoms with E-state index in [1.54, 1.807) is 12.3 Å². The minimum atomic E-state index is 0.291. The maximum Gasteiger partial charge on any atom is 0.191 e. The highest BCUT2D eigenvalue weighted by molar-refractivity contribution is 8.01. The van der Waals surface area contributed by atoms with Crippen molar-refractivity contribution in [1.82, 2.24) is 15.6 Å². The Labute approximate surface area is 158 Å². The second-order valence-electron chi connectivity index (χ2n) is 6.14. The van der Waals surface area contributed by atoms with Crippen LogP contribution in [-0.4, -0.2) is 28.8 Å². The molecule has 0 bridgehead atoms. The van der Waals surface area contributed by atoms with E-state index in [0.29, 0.717) is 16.4 Å². The number of guanidine groups is 1. The van der Waals surface area contributed by atoms with Gasteiger partial charge in [-0.25, -0.2) is 9.98 Å². The second-order valence-corrected chi connectivity index (χ2v) is 8.06. The zero-order valence-corrected chi connectivity index (χ0v) is 15.9. The van der Waals surface area contributed by atoms with E-state index < -0.39 is 0 Å². The maximum atomic E-state index is 5.82. The topological polar surface area (TPSA) is 49.3 Å². The number of hydrogen-bond acceptors (Lipinski definition) is 3. The first-order valence-corrected chi connectivity index (χ1v) is 9.75. The molecule has 2 N–H and O–H groups in total. The highest BCUT2D eigenvalue weighted by atomic mass is 35.5. The number of rotatable bonds is 7. The van der Waals surface area contributed by atoms with Crippen LogP contribution in [0.1, 0.15) is 25.3 Å². The minimum absolute atomic E-state index is 0.291. The zero-order chi connectivity index (χ0) is 17.5. The normalized spacial score (nSPS) is 15.7. The van der Waals surface area contributed by atoms with E-state index >= 15 is 0 Å². The van der Waals surface area contributed by atoms with Gasteiger partial charge in [0.05, 0.1) is 6.54 Å². The van der Waals surface area contributed by atoms with Crippen molar-refractivity contribution in [3.63, 3.8) is 0 Å². The molecular weight excluding hydrogens is 352 g/mol. The molecule has 132 valence electrons. The van der Waals surface area contributed by atoms with Crippen molar-refractivity contribution < 1.29 is 0 Å². The van der Waals surface area contributed by atoms with Gasteiger partial charge >= 0.3 is 0 Å². The van der Waals surface area contributed by atoms with Gasteiger partial charge in [-0.15, -0.1) is 11.8 Å². The van der Waals surface area contributed by atoms with E-state index in [-0.39, 0.29) is 0 Å².